The topological polar surface area (TPSA) is 55.0 Å². The van der Waals surface area contributed by atoms with E-state index >= 15 is 0 Å². The van der Waals surface area contributed by atoms with Gasteiger partial charge in [0.2, 0.25) is 0 Å². The summed E-state index contributed by atoms with van der Waals surface area (Å²) in [5.74, 6) is 2.08. The molecule has 4 heteroatoms. The summed E-state index contributed by atoms with van der Waals surface area (Å²) in [5, 5.41) is 0. The molecule has 112 valence electrons. The minimum Gasteiger partial charge on any atom is -0.384 e. The van der Waals surface area contributed by atoms with E-state index in [1.54, 1.807) is 0 Å². The number of hydrogen-bond donors (Lipinski definition) is 1. The van der Waals surface area contributed by atoms with Crippen LogP contribution < -0.4 is 10.6 Å². The molecule has 2 N–H and O–H groups in total. The van der Waals surface area contributed by atoms with Crippen LogP contribution in [-0.4, -0.2) is 17.0 Å². The van der Waals surface area contributed by atoms with Crippen molar-refractivity contribution >= 4 is 17.3 Å². The van der Waals surface area contributed by atoms with Gasteiger partial charge >= 0.3 is 0 Å². The number of aromatic nitrogens is 2. The van der Waals surface area contributed by atoms with Gasteiger partial charge in [-0.3, -0.25) is 0 Å². The Morgan fingerprint density at radius 3 is 2.24 bits per heavy atom. The van der Waals surface area contributed by atoms with Crippen molar-refractivity contribution in [3.8, 4) is 0 Å². The molecule has 21 heavy (non-hydrogen) atoms. The number of aryl methyl sites for hydroxylation is 1. The lowest BCUT2D eigenvalue weighted by Crippen LogP contribution is -2.20. The smallest absolute Gasteiger partial charge is 0.138 e. The quantitative estimate of drug-likeness (QED) is 0.934. The van der Waals surface area contributed by atoms with E-state index in [4.69, 9.17) is 5.73 Å². The Bertz CT molecular complexity index is 612. The molecule has 0 aliphatic carbocycles. The van der Waals surface area contributed by atoms with Crippen LogP contribution in [-0.2, 0) is 11.8 Å². The van der Waals surface area contributed by atoms with Gasteiger partial charge in [0.25, 0.3) is 0 Å². The van der Waals surface area contributed by atoms with Gasteiger partial charge in [0, 0.05) is 24.2 Å². The summed E-state index contributed by atoms with van der Waals surface area (Å²) in [6.07, 6.45) is 1.04. The molecule has 2 aromatic rings. The molecule has 0 saturated carbocycles. The second-order valence-electron chi connectivity index (χ2n) is 6.30. The molecule has 0 bridgehead atoms. The zero-order chi connectivity index (χ0) is 15.6. The molecule has 0 unspecified atom stereocenters. The van der Waals surface area contributed by atoms with Crippen molar-refractivity contribution < 1.29 is 0 Å². The van der Waals surface area contributed by atoms with Gasteiger partial charge in [-0.25, -0.2) is 9.97 Å². The first-order valence-corrected chi connectivity index (χ1v) is 7.29. The summed E-state index contributed by atoms with van der Waals surface area (Å²) in [7, 11) is 2.00. The van der Waals surface area contributed by atoms with Crippen molar-refractivity contribution in [2.75, 3.05) is 17.7 Å². The van der Waals surface area contributed by atoms with Gasteiger partial charge in [0.15, 0.2) is 0 Å². The number of nitrogens with two attached hydrogens (primary N) is 1. The van der Waals surface area contributed by atoms with E-state index in [1.165, 1.54) is 5.56 Å². The van der Waals surface area contributed by atoms with Gasteiger partial charge in [-0.05, 0) is 24.1 Å². The first kappa shape index (κ1) is 15.3. The fraction of sp³-hybridized carbons (Fsp3) is 0.412. The van der Waals surface area contributed by atoms with E-state index in [1.807, 2.05) is 18.0 Å². The fourth-order valence-corrected chi connectivity index (χ4v) is 2.05. The first-order chi connectivity index (χ1) is 9.81. The van der Waals surface area contributed by atoms with Crippen LogP contribution >= 0.6 is 0 Å². The van der Waals surface area contributed by atoms with Gasteiger partial charge in [-0.2, -0.15) is 0 Å². The summed E-state index contributed by atoms with van der Waals surface area (Å²) in [6.45, 7) is 8.41. The monoisotopic (exact) mass is 284 g/mol. The largest absolute Gasteiger partial charge is 0.384 e. The lowest BCUT2D eigenvalue weighted by atomic mass is 9.96. The number of nitrogens with zero attached hydrogens (tertiary/aromatic N) is 3. The third kappa shape index (κ3) is 3.51. The van der Waals surface area contributed by atoms with Crippen LogP contribution in [0.4, 0.5) is 17.3 Å². The SMILES string of the molecule is CCc1ccc(N(C)c2cc(N)nc(C(C)(C)C)n2)cc1. The zero-order valence-corrected chi connectivity index (χ0v) is 13.5. The highest BCUT2D eigenvalue weighted by atomic mass is 15.2. The van der Waals surface area contributed by atoms with Crippen molar-refractivity contribution in [3.63, 3.8) is 0 Å². The number of rotatable bonds is 3. The number of anilines is 3. The highest BCUT2D eigenvalue weighted by molar-refractivity contribution is 5.61. The second kappa shape index (κ2) is 5.72. The molecule has 4 nitrogen and oxygen atoms in total. The summed E-state index contributed by atoms with van der Waals surface area (Å²) in [6, 6.07) is 10.3. The molecule has 0 aliphatic heterocycles. The molecule has 0 saturated heterocycles. The summed E-state index contributed by atoms with van der Waals surface area (Å²) in [5.41, 5.74) is 8.22. The Morgan fingerprint density at radius 1 is 1.10 bits per heavy atom. The van der Waals surface area contributed by atoms with E-state index in [-0.39, 0.29) is 5.41 Å². The van der Waals surface area contributed by atoms with Crippen molar-refractivity contribution in [1.29, 1.82) is 0 Å². The molecule has 0 spiro atoms. The molecule has 0 fully saturated rings. The summed E-state index contributed by atoms with van der Waals surface area (Å²) >= 11 is 0. The van der Waals surface area contributed by atoms with Crippen LogP contribution in [0, 0.1) is 0 Å². The molecule has 0 atom stereocenters. The van der Waals surface area contributed by atoms with Crippen molar-refractivity contribution in [1.82, 2.24) is 9.97 Å². The molecule has 0 aliphatic rings. The van der Waals surface area contributed by atoms with Crippen LogP contribution in [0.3, 0.4) is 0 Å². The lowest BCUT2D eigenvalue weighted by molar-refractivity contribution is 0.546. The van der Waals surface area contributed by atoms with Gasteiger partial charge in [-0.15, -0.1) is 0 Å². The molecule has 0 amide bonds. The van der Waals surface area contributed by atoms with E-state index in [0.717, 1.165) is 23.8 Å². The normalized spacial score (nSPS) is 11.5. The molecular weight excluding hydrogens is 260 g/mol. The standard InChI is InChI=1S/C17H24N4/c1-6-12-7-9-13(10-8-12)21(5)15-11-14(18)19-16(20-15)17(2,3)4/h7-11H,6H2,1-5H3,(H2,18,19,20). The Kier molecular flexibility index (Phi) is 4.16. The van der Waals surface area contributed by atoms with Gasteiger partial charge in [0.1, 0.15) is 17.5 Å². The van der Waals surface area contributed by atoms with Crippen LogP contribution in [0.2, 0.25) is 0 Å². The molecule has 0 radical (unpaired) electrons. The van der Waals surface area contributed by atoms with Crippen LogP contribution in [0.1, 0.15) is 39.1 Å². The van der Waals surface area contributed by atoms with Crippen LogP contribution in [0.15, 0.2) is 30.3 Å². The maximum atomic E-state index is 5.94. The minimum atomic E-state index is -0.128. The van der Waals surface area contributed by atoms with E-state index in [0.29, 0.717) is 5.82 Å². The van der Waals surface area contributed by atoms with Crippen molar-refractivity contribution in [2.24, 2.45) is 0 Å². The first-order valence-electron chi connectivity index (χ1n) is 7.29. The van der Waals surface area contributed by atoms with Crippen LogP contribution in [0.5, 0.6) is 0 Å². The summed E-state index contributed by atoms with van der Waals surface area (Å²) < 4.78 is 0. The highest BCUT2D eigenvalue weighted by Crippen LogP contribution is 2.26. The number of hydrogen-bond acceptors (Lipinski definition) is 4. The number of benzene rings is 1. The predicted octanol–water partition coefficient (Wildman–Crippen LogP) is 3.69. The molecule has 1 aromatic carbocycles. The maximum absolute atomic E-state index is 5.94. The minimum absolute atomic E-state index is 0.128. The average Bonchev–Trinajstić information content (AvgIpc) is 2.45. The predicted molar refractivity (Wildman–Crippen MR) is 89.0 cm³/mol. The van der Waals surface area contributed by atoms with Gasteiger partial charge < -0.3 is 10.6 Å². The van der Waals surface area contributed by atoms with E-state index in [2.05, 4.69) is 61.9 Å². The Labute approximate surface area is 127 Å². The maximum Gasteiger partial charge on any atom is 0.138 e. The third-order valence-corrected chi connectivity index (χ3v) is 3.48. The summed E-state index contributed by atoms with van der Waals surface area (Å²) in [4.78, 5) is 11.0. The average molecular weight is 284 g/mol. The molecule has 1 heterocycles. The zero-order valence-electron chi connectivity index (χ0n) is 13.5. The number of nitrogen functional groups attached to an aromatic ring is 1. The Balaban J connectivity index is 2.38. The Morgan fingerprint density at radius 2 is 1.71 bits per heavy atom. The third-order valence-electron chi connectivity index (χ3n) is 3.48. The molecule has 2 rings (SSSR count). The molecular formula is C17H24N4. The Hall–Kier alpha value is -2.10. The lowest BCUT2D eigenvalue weighted by Gasteiger charge is -2.23. The van der Waals surface area contributed by atoms with Crippen molar-refractivity contribution in [3.05, 3.63) is 41.7 Å². The van der Waals surface area contributed by atoms with Crippen LogP contribution in [0.25, 0.3) is 0 Å². The highest BCUT2D eigenvalue weighted by Gasteiger charge is 2.19. The molecule has 1 aromatic heterocycles. The second-order valence-corrected chi connectivity index (χ2v) is 6.30. The fourth-order valence-electron chi connectivity index (χ4n) is 2.05. The van der Waals surface area contributed by atoms with Gasteiger partial charge in [-0.1, -0.05) is 39.8 Å². The van der Waals surface area contributed by atoms with Crippen molar-refractivity contribution in [2.45, 2.75) is 39.5 Å². The van der Waals surface area contributed by atoms with E-state index < -0.39 is 0 Å². The van der Waals surface area contributed by atoms with Gasteiger partial charge in [0.05, 0.1) is 0 Å². The van der Waals surface area contributed by atoms with E-state index in [9.17, 15) is 0 Å².